The van der Waals surface area contributed by atoms with Crippen LogP contribution in [0.4, 0.5) is 5.82 Å². The lowest BCUT2D eigenvalue weighted by Crippen LogP contribution is -2.10. The van der Waals surface area contributed by atoms with Crippen molar-refractivity contribution in [2.75, 3.05) is 5.32 Å². The first-order chi connectivity index (χ1) is 9.11. The average Bonchev–Trinajstić information content (AvgIpc) is 2.39. The molecule has 0 aliphatic heterocycles. The highest BCUT2D eigenvalue weighted by molar-refractivity contribution is 5.57. The minimum atomic E-state index is 0.0730. The Morgan fingerprint density at radius 1 is 1.26 bits per heavy atom. The van der Waals surface area contributed by atoms with E-state index in [0.29, 0.717) is 11.4 Å². The minimum absolute atomic E-state index is 0.0730. The maximum atomic E-state index is 9.23. The maximum Gasteiger partial charge on any atom is 0.144 e. The summed E-state index contributed by atoms with van der Waals surface area (Å²) >= 11 is 0. The Labute approximate surface area is 113 Å². The third-order valence-corrected chi connectivity index (χ3v) is 3.02. The molecule has 0 radical (unpaired) electrons. The first-order valence-corrected chi connectivity index (χ1v) is 6.16. The first kappa shape index (κ1) is 13.0. The molecule has 4 nitrogen and oxygen atoms in total. The quantitative estimate of drug-likeness (QED) is 0.911. The molecule has 0 saturated carbocycles. The van der Waals surface area contributed by atoms with E-state index in [4.69, 9.17) is 0 Å². The zero-order chi connectivity index (χ0) is 13.8. The van der Waals surface area contributed by atoms with Crippen LogP contribution in [0.3, 0.4) is 0 Å². The number of rotatable bonds is 3. The van der Waals surface area contributed by atoms with Crippen molar-refractivity contribution in [3.8, 4) is 6.07 Å². The van der Waals surface area contributed by atoms with Gasteiger partial charge < -0.3 is 5.32 Å². The molecule has 2 aromatic heterocycles. The van der Waals surface area contributed by atoms with Crippen LogP contribution < -0.4 is 5.32 Å². The second kappa shape index (κ2) is 5.49. The average molecular weight is 252 g/mol. The molecule has 0 aliphatic rings. The summed E-state index contributed by atoms with van der Waals surface area (Å²) in [6.07, 6.45) is 3.52. The summed E-state index contributed by atoms with van der Waals surface area (Å²) in [6.45, 7) is 5.89. The van der Waals surface area contributed by atoms with Gasteiger partial charge in [0.2, 0.25) is 0 Å². The molecule has 2 heterocycles. The van der Waals surface area contributed by atoms with Crippen molar-refractivity contribution < 1.29 is 0 Å². The molecule has 1 N–H and O–H groups in total. The van der Waals surface area contributed by atoms with Crippen LogP contribution in [-0.2, 0) is 0 Å². The Balaban J connectivity index is 2.32. The van der Waals surface area contributed by atoms with Crippen LogP contribution in [0.25, 0.3) is 0 Å². The van der Waals surface area contributed by atoms with Gasteiger partial charge in [-0.25, -0.2) is 4.98 Å². The van der Waals surface area contributed by atoms with Crippen molar-refractivity contribution in [1.82, 2.24) is 9.97 Å². The van der Waals surface area contributed by atoms with Gasteiger partial charge in [-0.1, -0.05) is 0 Å². The number of hydrogen-bond acceptors (Lipinski definition) is 4. The molecule has 2 aromatic rings. The topological polar surface area (TPSA) is 61.6 Å². The van der Waals surface area contributed by atoms with Crippen LogP contribution in [0, 0.1) is 25.2 Å². The Morgan fingerprint density at radius 3 is 2.58 bits per heavy atom. The van der Waals surface area contributed by atoms with Crippen LogP contribution >= 0.6 is 0 Å². The van der Waals surface area contributed by atoms with Crippen molar-refractivity contribution in [2.24, 2.45) is 0 Å². The third kappa shape index (κ3) is 2.89. The molecule has 1 atom stereocenters. The Bertz CT molecular complexity index is 614. The van der Waals surface area contributed by atoms with E-state index >= 15 is 0 Å². The van der Waals surface area contributed by atoms with Crippen LogP contribution in [-0.4, -0.2) is 9.97 Å². The Hall–Kier alpha value is -2.41. The van der Waals surface area contributed by atoms with E-state index in [1.165, 1.54) is 0 Å². The number of nitrogens with one attached hydrogen (secondary N) is 1. The van der Waals surface area contributed by atoms with E-state index < -0.39 is 0 Å². The van der Waals surface area contributed by atoms with Gasteiger partial charge in [0.05, 0.1) is 11.6 Å². The summed E-state index contributed by atoms with van der Waals surface area (Å²) < 4.78 is 0. The molecule has 4 heteroatoms. The van der Waals surface area contributed by atoms with E-state index in [1.807, 2.05) is 39.0 Å². The number of aryl methyl sites for hydroxylation is 2. The lowest BCUT2D eigenvalue weighted by Gasteiger charge is -2.17. The van der Waals surface area contributed by atoms with Crippen LogP contribution in [0.2, 0.25) is 0 Å². The molecular weight excluding hydrogens is 236 g/mol. The zero-order valence-corrected chi connectivity index (χ0v) is 11.3. The van der Waals surface area contributed by atoms with Crippen LogP contribution in [0.15, 0.2) is 30.6 Å². The summed E-state index contributed by atoms with van der Waals surface area (Å²) in [5.41, 5.74) is 3.56. The lowest BCUT2D eigenvalue weighted by atomic mass is 10.1. The molecule has 0 fully saturated rings. The normalized spacial score (nSPS) is 11.7. The van der Waals surface area contributed by atoms with Crippen molar-refractivity contribution in [2.45, 2.75) is 26.8 Å². The van der Waals surface area contributed by atoms with Gasteiger partial charge in [0.15, 0.2) is 0 Å². The standard InChI is InChI=1S/C15H16N4/c1-10-8-11(2)18-15(14(10)9-16)19-12(3)13-4-6-17-7-5-13/h4-8,12H,1-3H3,(H,18,19). The van der Waals surface area contributed by atoms with Gasteiger partial charge in [-0.3, -0.25) is 4.98 Å². The number of nitriles is 1. The summed E-state index contributed by atoms with van der Waals surface area (Å²) in [6, 6.07) is 8.10. The molecule has 2 rings (SSSR count). The number of nitrogens with zero attached hydrogens (tertiary/aromatic N) is 3. The monoisotopic (exact) mass is 252 g/mol. The highest BCUT2D eigenvalue weighted by Crippen LogP contribution is 2.22. The molecule has 1 unspecified atom stereocenters. The van der Waals surface area contributed by atoms with Crippen molar-refractivity contribution in [3.05, 3.63) is 53.0 Å². The van der Waals surface area contributed by atoms with Gasteiger partial charge in [-0.05, 0) is 50.1 Å². The Kier molecular flexibility index (Phi) is 3.76. The van der Waals surface area contributed by atoms with E-state index in [2.05, 4.69) is 21.4 Å². The fourth-order valence-electron chi connectivity index (χ4n) is 2.02. The molecule has 96 valence electrons. The minimum Gasteiger partial charge on any atom is -0.362 e. The number of pyridine rings is 2. The molecule has 19 heavy (non-hydrogen) atoms. The van der Waals surface area contributed by atoms with E-state index in [-0.39, 0.29) is 6.04 Å². The van der Waals surface area contributed by atoms with E-state index in [0.717, 1.165) is 16.8 Å². The highest BCUT2D eigenvalue weighted by atomic mass is 15.0. The van der Waals surface area contributed by atoms with Gasteiger partial charge in [-0.15, -0.1) is 0 Å². The van der Waals surface area contributed by atoms with Gasteiger partial charge in [0.25, 0.3) is 0 Å². The van der Waals surface area contributed by atoms with Gasteiger partial charge in [0, 0.05) is 18.1 Å². The summed E-state index contributed by atoms with van der Waals surface area (Å²) in [7, 11) is 0. The number of anilines is 1. The first-order valence-electron chi connectivity index (χ1n) is 6.16. The maximum absolute atomic E-state index is 9.23. The molecule has 0 aromatic carbocycles. The second-order valence-electron chi connectivity index (χ2n) is 4.56. The molecule has 0 saturated heterocycles. The van der Waals surface area contributed by atoms with Gasteiger partial charge >= 0.3 is 0 Å². The predicted molar refractivity (Wildman–Crippen MR) is 74.7 cm³/mol. The predicted octanol–water partition coefficient (Wildman–Crippen LogP) is 3.14. The van der Waals surface area contributed by atoms with Gasteiger partial charge in [-0.2, -0.15) is 5.26 Å². The fraction of sp³-hybridized carbons (Fsp3) is 0.267. The smallest absolute Gasteiger partial charge is 0.144 e. The molecule has 0 aliphatic carbocycles. The lowest BCUT2D eigenvalue weighted by molar-refractivity contribution is 0.866. The van der Waals surface area contributed by atoms with Crippen molar-refractivity contribution >= 4 is 5.82 Å². The third-order valence-electron chi connectivity index (χ3n) is 3.02. The van der Waals surface area contributed by atoms with Crippen LogP contribution in [0.5, 0.6) is 0 Å². The molecule has 0 amide bonds. The van der Waals surface area contributed by atoms with E-state index in [1.54, 1.807) is 12.4 Å². The molecule has 0 spiro atoms. The number of hydrogen-bond donors (Lipinski definition) is 1. The summed E-state index contributed by atoms with van der Waals surface area (Å²) in [5.74, 6) is 0.643. The fourth-order valence-corrected chi connectivity index (χ4v) is 2.02. The van der Waals surface area contributed by atoms with E-state index in [9.17, 15) is 5.26 Å². The van der Waals surface area contributed by atoms with Gasteiger partial charge in [0.1, 0.15) is 11.9 Å². The molecular formula is C15H16N4. The summed E-state index contributed by atoms with van der Waals surface area (Å²) in [5, 5.41) is 12.5. The zero-order valence-electron chi connectivity index (χ0n) is 11.3. The largest absolute Gasteiger partial charge is 0.362 e. The SMILES string of the molecule is Cc1cc(C)c(C#N)c(NC(C)c2ccncc2)n1. The Morgan fingerprint density at radius 2 is 1.95 bits per heavy atom. The second-order valence-corrected chi connectivity index (χ2v) is 4.56. The highest BCUT2D eigenvalue weighted by Gasteiger charge is 2.12. The van der Waals surface area contributed by atoms with Crippen molar-refractivity contribution in [3.63, 3.8) is 0 Å². The van der Waals surface area contributed by atoms with Crippen molar-refractivity contribution in [1.29, 1.82) is 5.26 Å². The summed E-state index contributed by atoms with van der Waals surface area (Å²) in [4.78, 5) is 8.42. The number of aromatic nitrogens is 2. The van der Waals surface area contributed by atoms with Crippen LogP contribution in [0.1, 0.15) is 35.3 Å². The molecule has 0 bridgehead atoms.